The van der Waals surface area contributed by atoms with Crippen molar-refractivity contribution in [2.75, 3.05) is 16.3 Å². The van der Waals surface area contributed by atoms with Crippen molar-refractivity contribution in [1.29, 1.82) is 0 Å². The predicted octanol–water partition coefficient (Wildman–Crippen LogP) is 1.37. The summed E-state index contributed by atoms with van der Waals surface area (Å²) in [7, 11) is -3.42. The van der Waals surface area contributed by atoms with E-state index >= 15 is 0 Å². The largest absolute Gasteiger partial charge is 0.323 e. The van der Waals surface area contributed by atoms with Gasteiger partial charge in [0, 0.05) is 0 Å². The zero-order chi connectivity index (χ0) is 15.6. The van der Waals surface area contributed by atoms with Crippen molar-refractivity contribution in [2.24, 2.45) is 11.1 Å². The van der Waals surface area contributed by atoms with Crippen molar-refractivity contribution in [3.8, 4) is 0 Å². The fourth-order valence-corrected chi connectivity index (χ4v) is 2.06. The lowest BCUT2D eigenvalue weighted by Gasteiger charge is -2.26. The molecule has 0 aliphatic carbocycles. The number of benzene rings is 1. The molecule has 0 aliphatic heterocycles. The highest BCUT2D eigenvalue weighted by atomic mass is 32.2. The molecule has 4 N–H and O–H groups in total. The molecule has 7 heteroatoms. The number of amides is 1. The van der Waals surface area contributed by atoms with Crippen LogP contribution >= 0.6 is 0 Å². The maximum Gasteiger partial charge on any atom is 0.241 e. The highest BCUT2D eigenvalue weighted by Gasteiger charge is 2.27. The summed E-state index contributed by atoms with van der Waals surface area (Å²) in [5.41, 5.74) is 6.17. The van der Waals surface area contributed by atoms with Gasteiger partial charge in [0.2, 0.25) is 15.9 Å². The van der Waals surface area contributed by atoms with E-state index in [0.717, 1.165) is 6.26 Å². The van der Waals surface area contributed by atoms with Gasteiger partial charge in [-0.2, -0.15) is 0 Å². The van der Waals surface area contributed by atoms with Gasteiger partial charge in [0.1, 0.15) is 0 Å². The van der Waals surface area contributed by atoms with Gasteiger partial charge in [-0.25, -0.2) is 8.42 Å². The average Bonchev–Trinajstić information content (AvgIpc) is 2.27. The van der Waals surface area contributed by atoms with Gasteiger partial charge in [-0.15, -0.1) is 0 Å². The van der Waals surface area contributed by atoms with Gasteiger partial charge in [0.25, 0.3) is 0 Å². The summed E-state index contributed by atoms with van der Waals surface area (Å²) in [5, 5.41) is 2.65. The molecule has 1 unspecified atom stereocenters. The number of sulfonamides is 1. The van der Waals surface area contributed by atoms with E-state index in [4.69, 9.17) is 5.73 Å². The summed E-state index contributed by atoms with van der Waals surface area (Å²) in [6.07, 6.45) is 1.05. The van der Waals surface area contributed by atoms with Gasteiger partial charge in [-0.05, 0) is 17.5 Å². The van der Waals surface area contributed by atoms with Crippen LogP contribution in [0.4, 0.5) is 11.4 Å². The minimum absolute atomic E-state index is 0.310. The molecule has 1 atom stereocenters. The van der Waals surface area contributed by atoms with Gasteiger partial charge in [-0.1, -0.05) is 32.9 Å². The second-order valence-corrected chi connectivity index (χ2v) is 7.50. The molecule has 0 spiro atoms. The van der Waals surface area contributed by atoms with Crippen LogP contribution in [-0.2, 0) is 14.8 Å². The van der Waals surface area contributed by atoms with Crippen LogP contribution in [0.1, 0.15) is 20.8 Å². The Morgan fingerprint density at radius 3 is 2.15 bits per heavy atom. The lowest BCUT2D eigenvalue weighted by atomic mass is 9.87. The summed E-state index contributed by atoms with van der Waals surface area (Å²) in [6, 6.07) is 5.85. The molecule has 112 valence electrons. The lowest BCUT2D eigenvalue weighted by Crippen LogP contribution is -2.45. The number of carbonyl (C=O) groups excluding carboxylic acids is 1. The number of anilines is 2. The number of carbonyl (C=O) groups is 1. The van der Waals surface area contributed by atoms with E-state index in [1.165, 1.54) is 0 Å². The molecule has 0 aromatic heterocycles. The molecular formula is C13H21N3O3S. The number of hydrogen-bond acceptors (Lipinski definition) is 4. The van der Waals surface area contributed by atoms with Crippen LogP contribution in [0, 0.1) is 5.41 Å². The highest BCUT2D eigenvalue weighted by Crippen LogP contribution is 2.24. The van der Waals surface area contributed by atoms with Gasteiger partial charge in [0.15, 0.2) is 0 Å². The molecule has 0 saturated heterocycles. The van der Waals surface area contributed by atoms with Crippen LogP contribution in [0.3, 0.4) is 0 Å². The van der Waals surface area contributed by atoms with Crippen molar-refractivity contribution in [2.45, 2.75) is 26.8 Å². The SMILES string of the molecule is CC(C)(C)C(N)C(=O)Nc1ccccc1NS(C)(=O)=O. The summed E-state index contributed by atoms with van der Waals surface area (Å²) < 4.78 is 24.9. The Kier molecular flexibility index (Phi) is 4.77. The van der Waals surface area contributed by atoms with E-state index in [-0.39, 0.29) is 11.3 Å². The first-order valence-corrected chi connectivity index (χ1v) is 8.03. The molecule has 1 aromatic rings. The Labute approximate surface area is 119 Å². The molecule has 1 amide bonds. The van der Waals surface area contributed by atoms with Crippen molar-refractivity contribution in [1.82, 2.24) is 0 Å². The minimum atomic E-state index is -3.42. The second-order valence-electron chi connectivity index (χ2n) is 5.75. The normalized spacial score (nSPS) is 13.7. The van der Waals surface area contributed by atoms with E-state index in [0.29, 0.717) is 11.4 Å². The molecular weight excluding hydrogens is 278 g/mol. The molecule has 0 heterocycles. The predicted molar refractivity (Wildman–Crippen MR) is 81.0 cm³/mol. The minimum Gasteiger partial charge on any atom is -0.323 e. The average molecular weight is 299 g/mol. The van der Waals surface area contributed by atoms with Gasteiger partial charge < -0.3 is 11.1 Å². The smallest absolute Gasteiger partial charge is 0.241 e. The molecule has 1 rings (SSSR count). The Balaban J connectivity index is 2.96. The monoisotopic (exact) mass is 299 g/mol. The number of rotatable bonds is 4. The summed E-state index contributed by atoms with van der Waals surface area (Å²) in [6.45, 7) is 5.58. The zero-order valence-corrected chi connectivity index (χ0v) is 12.9. The molecule has 0 saturated carbocycles. The Bertz CT molecular complexity index is 591. The van der Waals surface area contributed by atoms with E-state index in [2.05, 4.69) is 10.0 Å². The topological polar surface area (TPSA) is 101 Å². The summed E-state index contributed by atoms with van der Waals surface area (Å²) in [4.78, 5) is 12.1. The number of nitrogens with one attached hydrogen (secondary N) is 2. The van der Waals surface area contributed by atoms with Crippen molar-refractivity contribution >= 4 is 27.3 Å². The lowest BCUT2D eigenvalue weighted by molar-refractivity contribution is -0.119. The van der Waals surface area contributed by atoms with Crippen molar-refractivity contribution in [3.63, 3.8) is 0 Å². The quantitative estimate of drug-likeness (QED) is 0.781. The Hall–Kier alpha value is -1.60. The van der Waals surface area contributed by atoms with Crippen LogP contribution in [0.25, 0.3) is 0 Å². The van der Waals surface area contributed by atoms with Crippen LogP contribution in [0.2, 0.25) is 0 Å². The van der Waals surface area contributed by atoms with Gasteiger partial charge >= 0.3 is 0 Å². The molecule has 6 nitrogen and oxygen atoms in total. The third-order valence-electron chi connectivity index (χ3n) is 2.70. The third-order valence-corrected chi connectivity index (χ3v) is 3.29. The molecule has 0 aliphatic rings. The van der Waals surface area contributed by atoms with Crippen LogP contribution in [0.5, 0.6) is 0 Å². The van der Waals surface area contributed by atoms with Crippen molar-refractivity contribution in [3.05, 3.63) is 24.3 Å². The van der Waals surface area contributed by atoms with Gasteiger partial charge in [0.05, 0.1) is 23.7 Å². The van der Waals surface area contributed by atoms with E-state index in [9.17, 15) is 13.2 Å². The van der Waals surface area contributed by atoms with E-state index in [1.807, 2.05) is 20.8 Å². The number of hydrogen-bond donors (Lipinski definition) is 3. The third kappa shape index (κ3) is 4.82. The maximum absolute atomic E-state index is 12.1. The second kappa shape index (κ2) is 5.80. The van der Waals surface area contributed by atoms with E-state index < -0.39 is 16.1 Å². The van der Waals surface area contributed by atoms with E-state index in [1.54, 1.807) is 24.3 Å². The highest BCUT2D eigenvalue weighted by molar-refractivity contribution is 7.92. The number of para-hydroxylation sites is 2. The first-order valence-electron chi connectivity index (χ1n) is 6.14. The molecule has 0 fully saturated rings. The zero-order valence-electron chi connectivity index (χ0n) is 12.1. The Morgan fingerprint density at radius 1 is 1.20 bits per heavy atom. The maximum atomic E-state index is 12.1. The molecule has 0 radical (unpaired) electrons. The fourth-order valence-electron chi connectivity index (χ4n) is 1.48. The van der Waals surface area contributed by atoms with Crippen LogP contribution < -0.4 is 15.8 Å². The first kappa shape index (κ1) is 16.5. The van der Waals surface area contributed by atoms with Crippen LogP contribution in [-0.4, -0.2) is 26.6 Å². The Morgan fingerprint density at radius 2 is 1.70 bits per heavy atom. The fraction of sp³-hybridized carbons (Fsp3) is 0.462. The van der Waals surface area contributed by atoms with Crippen LogP contribution in [0.15, 0.2) is 24.3 Å². The number of nitrogens with two attached hydrogens (primary N) is 1. The molecule has 20 heavy (non-hydrogen) atoms. The van der Waals surface area contributed by atoms with Crippen molar-refractivity contribution < 1.29 is 13.2 Å². The standard InChI is InChI=1S/C13H21N3O3S/c1-13(2,3)11(14)12(17)15-9-7-5-6-8-10(9)16-20(4,18)19/h5-8,11,16H,14H2,1-4H3,(H,15,17). The summed E-state index contributed by atoms with van der Waals surface area (Å²) >= 11 is 0. The summed E-state index contributed by atoms with van der Waals surface area (Å²) in [5.74, 6) is -0.361. The molecule has 1 aromatic carbocycles. The molecule has 0 bridgehead atoms. The first-order chi connectivity index (χ1) is 9.00. The van der Waals surface area contributed by atoms with Gasteiger partial charge in [-0.3, -0.25) is 9.52 Å².